The van der Waals surface area contributed by atoms with Crippen LogP contribution in [0.1, 0.15) is 22.9 Å². The topological polar surface area (TPSA) is 81.2 Å². The van der Waals surface area contributed by atoms with Crippen LogP contribution < -0.4 is 11.1 Å². The highest BCUT2D eigenvalue weighted by Gasteiger charge is 2.08. The molecule has 0 spiro atoms. The van der Waals surface area contributed by atoms with Crippen molar-refractivity contribution < 1.29 is 9.21 Å². The first-order chi connectivity index (χ1) is 9.04. The first kappa shape index (κ1) is 13.1. The van der Waals surface area contributed by atoms with Crippen LogP contribution in [0.15, 0.2) is 28.7 Å². The third kappa shape index (κ3) is 3.58. The summed E-state index contributed by atoms with van der Waals surface area (Å²) >= 11 is 0. The number of nitrogens with zero attached hydrogens (tertiary/aromatic N) is 1. The molecule has 0 aliphatic rings. The Labute approximate surface area is 111 Å². The molecule has 0 radical (unpaired) electrons. The van der Waals surface area contributed by atoms with Gasteiger partial charge < -0.3 is 15.5 Å². The minimum absolute atomic E-state index is 0.0710. The minimum atomic E-state index is -0.0710. The second-order valence-electron chi connectivity index (χ2n) is 4.44. The number of aromatic nitrogens is 1. The Morgan fingerprint density at radius 1 is 1.32 bits per heavy atom. The van der Waals surface area contributed by atoms with Crippen LogP contribution in [0.4, 0.5) is 5.69 Å². The van der Waals surface area contributed by atoms with Crippen LogP contribution in [-0.4, -0.2) is 10.9 Å². The summed E-state index contributed by atoms with van der Waals surface area (Å²) < 4.78 is 5.39. The monoisotopic (exact) mass is 259 g/mol. The second-order valence-corrected chi connectivity index (χ2v) is 4.44. The Morgan fingerprint density at radius 2 is 2.00 bits per heavy atom. The number of anilines is 1. The van der Waals surface area contributed by atoms with E-state index in [9.17, 15) is 4.79 Å². The molecule has 5 heteroatoms. The van der Waals surface area contributed by atoms with Gasteiger partial charge in [0.05, 0.1) is 18.7 Å². The predicted octanol–water partition coefficient (Wildman–Crippen LogP) is 1.73. The smallest absolute Gasteiger partial charge is 0.224 e. The quantitative estimate of drug-likeness (QED) is 0.819. The number of hydrogen-bond donors (Lipinski definition) is 2. The van der Waals surface area contributed by atoms with Crippen LogP contribution in [0.2, 0.25) is 0 Å². The van der Waals surface area contributed by atoms with E-state index in [1.54, 1.807) is 12.1 Å². The molecule has 0 aliphatic carbocycles. The molecule has 0 unspecified atom stereocenters. The van der Waals surface area contributed by atoms with Gasteiger partial charge in [-0.05, 0) is 31.5 Å². The fourth-order valence-corrected chi connectivity index (χ4v) is 1.67. The molecule has 0 bridgehead atoms. The van der Waals surface area contributed by atoms with Gasteiger partial charge in [0.1, 0.15) is 5.76 Å². The maximum atomic E-state index is 11.8. The van der Waals surface area contributed by atoms with E-state index in [-0.39, 0.29) is 5.91 Å². The van der Waals surface area contributed by atoms with Crippen LogP contribution in [-0.2, 0) is 17.8 Å². The first-order valence-electron chi connectivity index (χ1n) is 6.08. The van der Waals surface area contributed by atoms with Crippen LogP contribution in [0.25, 0.3) is 0 Å². The zero-order valence-electron chi connectivity index (χ0n) is 11.1. The van der Waals surface area contributed by atoms with Crippen molar-refractivity contribution in [3.05, 3.63) is 47.2 Å². The number of rotatable bonds is 4. The highest BCUT2D eigenvalue weighted by Crippen LogP contribution is 2.08. The number of amides is 1. The van der Waals surface area contributed by atoms with Crippen LogP contribution >= 0.6 is 0 Å². The van der Waals surface area contributed by atoms with Crippen LogP contribution in [0.3, 0.4) is 0 Å². The summed E-state index contributed by atoms with van der Waals surface area (Å²) in [6, 6.07) is 7.25. The first-order valence-corrected chi connectivity index (χ1v) is 6.08. The molecule has 1 heterocycles. The Kier molecular flexibility index (Phi) is 3.85. The Hall–Kier alpha value is -2.30. The fourth-order valence-electron chi connectivity index (χ4n) is 1.67. The molecule has 3 N–H and O–H groups in total. The molecule has 0 fully saturated rings. The maximum absolute atomic E-state index is 11.8. The lowest BCUT2D eigenvalue weighted by Crippen LogP contribution is -2.24. The minimum Gasteiger partial charge on any atom is -0.444 e. The van der Waals surface area contributed by atoms with E-state index in [2.05, 4.69) is 10.3 Å². The van der Waals surface area contributed by atoms with Crippen molar-refractivity contribution >= 4 is 11.6 Å². The third-order valence-electron chi connectivity index (χ3n) is 2.85. The van der Waals surface area contributed by atoms with E-state index in [0.717, 1.165) is 17.0 Å². The van der Waals surface area contributed by atoms with E-state index in [1.807, 2.05) is 26.0 Å². The van der Waals surface area contributed by atoms with Crippen molar-refractivity contribution in [3.8, 4) is 0 Å². The number of nitrogens with one attached hydrogen (secondary N) is 1. The SMILES string of the molecule is Cc1nc(CNC(=O)Cc2ccc(N)cc2)oc1C. The molecule has 5 nitrogen and oxygen atoms in total. The summed E-state index contributed by atoms with van der Waals surface area (Å²) in [7, 11) is 0. The lowest BCUT2D eigenvalue weighted by atomic mass is 10.1. The van der Waals surface area contributed by atoms with Gasteiger partial charge in [-0.15, -0.1) is 0 Å². The van der Waals surface area contributed by atoms with Gasteiger partial charge in [-0.3, -0.25) is 4.79 Å². The number of nitrogens with two attached hydrogens (primary N) is 1. The van der Waals surface area contributed by atoms with E-state index in [0.29, 0.717) is 24.5 Å². The number of hydrogen-bond acceptors (Lipinski definition) is 4. The molecule has 0 atom stereocenters. The van der Waals surface area contributed by atoms with Crippen molar-refractivity contribution in [3.63, 3.8) is 0 Å². The highest BCUT2D eigenvalue weighted by molar-refractivity contribution is 5.78. The summed E-state index contributed by atoms with van der Waals surface area (Å²) in [5.74, 6) is 1.24. The van der Waals surface area contributed by atoms with E-state index < -0.39 is 0 Å². The number of oxazole rings is 1. The molecular formula is C14H17N3O2. The lowest BCUT2D eigenvalue weighted by molar-refractivity contribution is -0.120. The number of carbonyl (C=O) groups is 1. The Balaban J connectivity index is 1.86. The summed E-state index contributed by atoms with van der Waals surface area (Å²) in [6.07, 6.45) is 0.318. The molecule has 2 aromatic rings. The molecule has 100 valence electrons. The number of aryl methyl sites for hydroxylation is 2. The molecule has 0 aliphatic heterocycles. The van der Waals surface area contributed by atoms with Crippen molar-refractivity contribution in [1.29, 1.82) is 0 Å². The van der Waals surface area contributed by atoms with Gasteiger partial charge in [0.2, 0.25) is 11.8 Å². The fraction of sp³-hybridized carbons (Fsp3) is 0.286. The van der Waals surface area contributed by atoms with Gasteiger partial charge in [-0.2, -0.15) is 0 Å². The van der Waals surface area contributed by atoms with Gasteiger partial charge in [0.15, 0.2) is 0 Å². The Bertz CT molecular complexity index is 553. The van der Waals surface area contributed by atoms with E-state index >= 15 is 0 Å². The molecule has 1 aromatic heterocycles. The lowest BCUT2D eigenvalue weighted by Gasteiger charge is -2.03. The second kappa shape index (κ2) is 5.56. The average Bonchev–Trinajstić information content (AvgIpc) is 2.69. The number of benzene rings is 1. The summed E-state index contributed by atoms with van der Waals surface area (Å²) in [5.41, 5.74) is 8.05. The largest absolute Gasteiger partial charge is 0.444 e. The summed E-state index contributed by atoms with van der Waals surface area (Å²) in [4.78, 5) is 16.0. The van der Waals surface area contributed by atoms with Crippen molar-refractivity contribution in [2.45, 2.75) is 26.8 Å². The molecule has 19 heavy (non-hydrogen) atoms. The van der Waals surface area contributed by atoms with Crippen molar-refractivity contribution in [2.24, 2.45) is 0 Å². The zero-order chi connectivity index (χ0) is 13.8. The van der Waals surface area contributed by atoms with Gasteiger partial charge >= 0.3 is 0 Å². The van der Waals surface area contributed by atoms with Gasteiger partial charge in [-0.1, -0.05) is 12.1 Å². The summed E-state index contributed by atoms with van der Waals surface area (Å²) in [6.45, 7) is 4.03. The highest BCUT2D eigenvalue weighted by atomic mass is 16.4. The zero-order valence-corrected chi connectivity index (χ0v) is 11.1. The molecule has 0 saturated carbocycles. The average molecular weight is 259 g/mol. The van der Waals surface area contributed by atoms with Crippen LogP contribution in [0.5, 0.6) is 0 Å². The van der Waals surface area contributed by atoms with Crippen molar-refractivity contribution in [1.82, 2.24) is 10.3 Å². The molecule has 0 saturated heterocycles. The number of carbonyl (C=O) groups excluding carboxylic acids is 1. The predicted molar refractivity (Wildman–Crippen MR) is 72.4 cm³/mol. The normalized spacial score (nSPS) is 10.4. The van der Waals surface area contributed by atoms with E-state index in [1.165, 1.54) is 0 Å². The van der Waals surface area contributed by atoms with Gasteiger partial charge in [0, 0.05) is 5.69 Å². The third-order valence-corrected chi connectivity index (χ3v) is 2.85. The van der Waals surface area contributed by atoms with Crippen molar-refractivity contribution in [2.75, 3.05) is 5.73 Å². The summed E-state index contributed by atoms with van der Waals surface area (Å²) in [5, 5.41) is 2.78. The molecule has 2 rings (SSSR count). The van der Waals surface area contributed by atoms with Gasteiger partial charge in [-0.25, -0.2) is 4.98 Å². The van der Waals surface area contributed by atoms with Crippen LogP contribution in [0, 0.1) is 13.8 Å². The Morgan fingerprint density at radius 3 is 2.58 bits per heavy atom. The maximum Gasteiger partial charge on any atom is 0.224 e. The standard InChI is InChI=1S/C14H17N3O2/c1-9-10(2)19-14(17-9)8-16-13(18)7-11-3-5-12(15)6-4-11/h3-6H,7-8,15H2,1-2H3,(H,16,18). The van der Waals surface area contributed by atoms with E-state index in [4.69, 9.17) is 10.2 Å². The molecule has 1 aromatic carbocycles. The van der Waals surface area contributed by atoms with Gasteiger partial charge in [0.25, 0.3) is 0 Å². The molecule has 1 amide bonds. The molecular weight excluding hydrogens is 242 g/mol. The number of nitrogen functional groups attached to an aromatic ring is 1.